The molecule has 1 aliphatic rings. The first-order valence-corrected chi connectivity index (χ1v) is 6.23. The maximum atomic E-state index is 8.99. The van der Waals surface area contributed by atoms with Crippen molar-refractivity contribution in [3.8, 4) is 5.88 Å². The van der Waals surface area contributed by atoms with Gasteiger partial charge in [0.15, 0.2) is 0 Å². The Morgan fingerprint density at radius 3 is 2.94 bits per heavy atom. The van der Waals surface area contributed by atoms with E-state index in [1.807, 2.05) is 25.1 Å². The molecule has 4 nitrogen and oxygen atoms in total. The molecule has 0 atom stereocenters. The Hall–Kier alpha value is -1.29. The van der Waals surface area contributed by atoms with Crippen LogP contribution in [0.2, 0.25) is 0 Å². The van der Waals surface area contributed by atoms with E-state index in [2.05, 4.69) is 10.3 Å². The van der Waals surface area contributed by atoms with Crippen LogP contribution in [0.1, 0.15) is 26.2 Å². The Labute approximate surface area is 102 Å². The van der Waals surface area contributed by atoms with E-state index in [0.29, 0.717) is 17.9 Å². The Balaban J connectivity index is 1.88. The van der Waals surface area contributed by atoms with Gasteiger partial charge in [0, 0.05) is 19.2 Å². The number of nitrogens with zero attached hydrogens (tertiary/aromatic N) is 1. The van der Waals surface area contributed by atoms with E-state index in [-0.39, 0.29) is 6.61 Å². The van der Waals surface area contributed by atoms with Gasteiger partial charge >= 0.3 is 0 Å². The van der Waals surface area contributed by atoms with E-state index in [9.17, 15) is 0 Å². The van der Waals surface area contributed by atoms with Crippen molar-refractivity contribution in [3.05, 3.63) is 18.2 Å². The molecule has 17 heavy (non-hydrogen) atoms. The number of pyridine rings is 1. The third kappa shape index (κ3) is 3.33. The van der Waals surface area contributed by atoms with Crippen LogP contribution in [0, 0.1) is 5.41 Å². The van der Waals surface area contributed by atoms with Crippen LogP contribution >= 0.6 is 0 Å². The molecule has 1 aromatic heterocycles. The van der Waals surface area contributed by atoms with Gasteiger partial charge in [0.05, 0.1) is 6.61 Å². The number of ether oxygens (including phenoxy) is 1. The molecule has 0 bridgehead atoms. The quantitative estimate of drug-likeness (QED) is 0.761. The zero-order valence-corrected chi connectivity index (χ0v) is 10.3. The van der Waals surface area contributed by atoms with Crippen molar-refractivity contribution in [2.24, 2.45) is 5.41 Å². The van der Waals surface area contributed by atoms with Gasteiger partial charge in [-0.15, -0.1) is 0 Å². The van der Waals surface area contributed by atoms with Crippen LogP contribution in [0.5, 0.6) is 5.88 Å². The van der Waals surface area contributed by atoms with Gasteiger partial charge < -0.3 is 15.2 Å². The summed E-state index contributed by atoms with van der Waals surface area (Å²) in [6, 6.07) is 5.73. The Kier molecular flexibility index (Phi) is 3.84. The lowest BCUT2D eigenvalue weighted by atomic mass is 10.0. The van der Waals surface area contributed by atoms with Crippen molar-refractivity contribution >= 4 is 5.82 Å². The van der Waals surface area contributed by atoms with Crippen LogP contribution in [0.25, 0.3) is 0 Å². The topological polar surface area (TPSA) is 54.4 Å². The highest BCUT2D eigenvalue weighted by Crippen LogP contribution is 2.48. The predicted molar refractivity (Wildman–Crippen MR) is 67.3 cm³/mol. The molecule has 2 N–H and O–H groups in total. The van der Waals surface area contributed by atoms with Crippen molar-refractivity contribution in [2.45, 2.75) is 26.2 Å². The highest BCUT2D eigenvalue weighted by Gasteiger charge is 2.41. The zero-order chi connectivity index (χ0) is 12.1. The number of hydrogen-bond acceptors (Lipinski definition) is 4. The molecule has 0 radical (unpaired) electrons. The van der Waals surface area contributed by atoms with Crippen LogP contribution in [-0.4, -0.2) is 29.8 Å². The molecule has 4 heteroatoms. The summed E-state index contributed by atoms with van der Waals surface area (Å²) in [5.74, 6) is 1.50. The molecule has 2 rings (SSSR count). The molecule has 0 saturated heterocycles. The molecule has 1 fully saturated rings. The number of rotatable bonds is 7. The first-order chi connectivity index (χ1) is 8.28. The highest BCUT2D eigenvalue weighted by atomic mass is 16.5. The summed E-state index contributed by atoms with van der Waals surface area (Å²) in [4.78, 5) is 4.36. The second-order valence-electron chi connectivity index (χ2n) is 4.62. The molecular formula is C13H20N2O2. The third-order valence-corrected chi connectivity index (χ3v) is 3.26. The zero-order valence-electron chi connectivity index (χ0n) is 10.3. The largest absolute Gasteiger partial charge is 0.478 e. The van der Waals surface area contributed by atoms with E-state index in [4.69, 9.17) is 9.84 Å². The summed E-state index contributed by atoms with van der Waals surface area (Å²) in [5, 5.41) is 12.3. The summed E-state index contributed by atoms with van der Waals surface area (Å²) >= 11 is 0. The lowest BCUT2D eigenvalue weighted by Gasteiger charge is -2.15. The fourth-order valence-corrected chi connectivity index (χ4v) is 1.95. The average molecular weight is 236 g/mol. The first kappa shape index (κ1) is 12.2. The number of aromatic nitrogens is 1. The third-order valence-electron chi connectivity index (χ3n) is 3.26. The van der Waals surface area contributed by atoms with E-state index < -0.39 is 0 Å². The molecule has 0 spiro atoms. The highest BCUT2D eigenvalue weighted by molar-refractivity contribution is 5.37. The average Bonchev–Trinajstić information content (AvgIpc) is 3.09. The molecule has 0 unspecified atom stereocenters. The van der Waals surface area contributed by atoms with E-state index >= 15 is 0 Å². The number of aliphatic hydroxyl groups excluding tert-OH is 1. The van der Waals surface area contributed by atoms with Gasteiger partial charge in [-0.05, 0) is 37.7 Å². The van der Waals surface area contributed by atoms with Gasteiger partial charge in [0.1, 0.15) is 5.82 Å². The van der Waals surface area contributed by atoms with Crippen molar-refractivity contribution in [3.63, 3.8) is 0 Å². The molecular weight excluding hydrogens is 216 g/mol. The molecule has 1 aromatic rings. The van der Waals surface area contributed by atoms with Gasteiger partial charge in [-0.25, -0.2) is 0 Å². The Bertz CT molecular complexity index is 364. The lowest BCUT2D eigenvalue weighted by Crippen LogP contribution is -2.17. The second kappa shape index (κ2) is 5.36. The predicted octanol–water partition coefficient (Wildman–Crippen LogP) is 2.05. The smallest absolute Gasteiger partial charge is 0.215 e. The number of nitrogens with one attached hydrogen (secondary N) is 1. The molecule has 0 aliphatic heterocycles. The normalized spacial score (nSPS) is 16.6. The van der Waals surface area contributed by atoms with Crippen LogP contribution in [0.4, 0.5) is 5.82 Å². The van der Waals surface area contributed by atoms with Gasteiger partial charge in [0.25, 0.3) is 0 Å². The molecule has 1 saturated carbocycles. The van der Waals surface area contributed by atoms with E-state index in [1.165, 1.54) is 12.8 Å². The van der Waals surface area contributed by atoms with Crippen LogP contribution in [0.15, 0.2) is 18.2 Å². The molecule has 0 aromatic carbocycles. The maximum absolute atomic E-state index is 8.99. The standard InChI is InChI=1S/C13H20N2O2/c1-2-17-12-5-3-4-11(15-12)14-10-13(6-7-13)8-9-16/h3-5,16H,2,6-10H2,1H3,(H,14,15). The van der Waals surface area contributed by atoms with E-state index in [1.54, 1.807) is 0 Å². The van der Waals surface area contributed by atoms with Crippen LogP contribution in [-0.2, 0) is 0 Å². The maximum Gasteiger partial charge on any atom is 0.215 e. The lowest BCUT2D eigenvalue weighted by molar-refractivity contribution is 0.253. The van der Waals surface area contributed by atoms with Crippen molar-refractivity contribution < 1.29 is 9.84 Å². The minimum absolute atomic E-state index is 0.272. The summed E-state index contributed by atoms with van der Waals surface area (Å²) in [6.45, 7) is 3.73. The fraction of sp³-hybridized carbons (Fsp3) is 0.615. The van der Waals surface area contributed by atoms with Crippen molar-refractivity contribution in [1.82, 2.24) is 4.98 Å². The molecule has 0 amide bonds. The summed E-state index contributed by atoms with van der Waals surface area (Å²) in [5.41, 5.74) is 0.304. The minimum atomic E-state index is 0.272. The number of anilines is 1. The minimum Gasteiger partial charge on any atom is -0.478 e. The fourth-order valence-electron chi connectivity index (χ4n) is 1.95. The Morgan fingerprint density at radius 1 is 1.47 bits per heavy atom. The van der Waals surface area contributed by atoms with Crippen molar-refractivity contribution in [2.75, 3.05) is 25.1 Å². The summed E-state index contributed by atoms with van der Waals surface area (Å²) in [6.07, 6.45) is 3.28. The van der Waals surface area contributed by atoms with Gasteiger partial charge in [-0.1, -0.05) is 6.07 Å². The number of hydrogen-bond donors (Lipinski definition) is 2. The van der Waals surface area contributed by atoms with Gasteiger partial charge in [0.2, 0.25) is 5.88 Å². The van der Waals surface area contributed by atoms with Gasteiger partial charge in [-0.2, -0.15) is 4.98 Å². The number of aliphatic hydroxyl groups is 1. The SMILES string of the molecule is CCOc1cccc(NCC2(CCO)CC2)n1. The summed E-state index contributed by atoms with van der Waals surface area (Å²) in [7, 11) is 0. The van der Waals surface area contributed by atoms with E-state index in [0.717, 1.165) is 18.8 Å². The van der Waals surface area contributed by atoms with Crippen molar-refractivity contribution in [1.29, 1.82) is 0 Å². The molecule has 94 valence electrons. The van der Waals surface area contributed by atoms with Crippen LogP contribution < -0.4 is 10.1 Å². The Morgan fingerprint density at radius 2 is 2.29 bits per heavy atom. The summed E-state index contributed by atoms with van der Waals surface area (Å²) < 4.78 is 5.35. The first-order valence-electron chi connectivity index (χ1n) is 6.23. The molecule has 1 heterocycles. The molecule has 1 aliphatic carbocycles. The van der Waals surface area contributed by atoms with Crippen LogP contribution in [0.3, 0.4) is 0 Å². The van der Waals surface area contributed by atoms with Gasteiger partial charge in [-0.3, -0.25) is 0 Å². The monoisotopic (exact) mass is 236 g/mol. The second-order valence-corrected chi connectivity index (χ2v) is 4.62.